The maximum absolute atomic E-state index is 12.6. The van der Waals surface area contributed by atoms with Gasteiger partial charge in [0.15, 0.2) is 5.82 Å². The fourth-order valence-electron chi connectivity index (χ4n) is 4.00. The van der Waals surface area contributed by atoms with Crippen LogP contribution in [-0.4, -0.2) is 34.4 Å². The lowest BCUT2D eigenvalue weighted by molar-refractivity contribution is -0.133. The summed E-state index contributed by atoms with van der Waals surface area (Å²) in [6, 6.07) is 7.78. The van der Waals surface area contributed by atoms with Crippen LogP contribution in [0.5, 0.6) is 5.75 Å². The Morgan fingerprint density at radius 2 is 2.00 bits per heavy atom. The van der Waals surface area contributed by atoms with E-state index in [-0.39, 0.29) is 0 Å². The van der Waals surface area contributed by atoms with Gasteiger partial charge in [0.2, 0.25) is 5.91 Å². The van der Waals surface area contributed by atoms with E-state index in [9.17, 15) is 4.79 Å². The average molecular weight is 351 g/mol. The quantitative estimate of drug-likeness (QED) is 0.844. The Balaban J connectivity index is 1.45. The second kappa shape index (κ2) is 7.44. The number of hydrogen-bond donors (Lipinski definition) is 0. The van der Waals surface area contributed by atoms with Crippen LogP contribution in [0.3, 0.4) is 0 Å². The van der Waals surface area contributed by atoms with Crippen molar-refractivity contribution in [3.05, 3.63) is 41.7 Å². The fourth-order valence-corrected chi connectivity index (χ4v) is 4.00. The molecule has 26 heavy (non-hydrogen) atoms. The van der Waals surface area contributed by atoms with Crippen molar-refractivity contribution in [2.75, 3.05) is 13.7 Å². The maximum Gasteiger partial charge on any atom is 0.223 e. The van der Waals surface area contributed by atoms with E-state index in [2.05, 4.69) is 4.98 Å². The monoisotopic (exact) mass is 351 g/mol. The molecule has 2 aliphatic rings. The van der Waals surface area contributed by atoms with Gasteiger partial charge in [-0.3, -0.25) is 4.79 Å². The predicted molar refractivity (Wildman–Crippen MR) is 99.7 cm³/mol. The van der Waals surface area contributed by atoms with Crippen LogP contribution >= 0.6 is 0 Å². The highest BCUT2D eigenvalue weighted by Crippen LogP contribution is 2.29. The third-order valence-corrected chi connectivity index (χ3v) is 5.57. The molecule has 1 aliphatic heterocycles. The molecule has 5 heteroatoms. The fraction of sp³-hybridized carbons (Fsp3) is 0.476. The smallest absolute Gasteiger partial charge is 0.223 e. The van der Waals surface area contributed by atoms with Crippen LogP contribution in [0.4, 0.5) is 0 Å². The normalized spacial score (nSPS) is 17.2. The molecule has 2 aromatic rings. The largest absolute Gasteiger partial charge is 0.497 e. The highest BCUT2D eigenvalue weighted by atomic mass is 16.5. The molecule has 5 nitrogen and oxygen atoms in total. The minimum absolute atomic E-state index is 0.293. The number of carbonyl (C=O) groups is 1. The van der Waals surface area contributed by atoms with Crippen molar-refractivity contribution in [2.24, 2.45) is 5.92 Å². The van der Waals surface area contributed by atoms with Gasteiger partial charge in [-0.15, -0.1) is 0 Å². The third-order valence-electron chi connectivity index (χ3n) is 5.57. The van der Waals surface area contributed by atoms with Crippen molar-refractivity contribution in [1.82, 2.24) is 14.9 Å². The van der Waals surface area contributed by atoms with E-state index in [0.29, 0.717) is 24.8 Å². The molecule has 2 heterocycles. The van der Waals surface area contributed by atoms with Crippen LogP contribution in [0.25, 0.3) is 11.4 Å². The Bertz CT molecular complexity index is 782. The van der Waals surface area contributed by atoms with Gasteiger partial charge in [0.05, 0.1) is 12.8 Å². The average Bonchev–Trinajstić information content (AvgIpc) is 3.20. The highest BCUT2D eigenvalue weighted by Gasteiger charge is 2.26. The standard InChI is InChI=1S/C21H25N3O2/c1-26-18-8-6-16(7-9-18)21-22-13-17-14-24(11-10-19(17)23-21)20(25)12-15-4-2-3-5-15/h6-9,13,15H,2-5,10-12,14H2,1H3. The number of hydrogen-bond acceptors (Lipinski definition) is 4. The van der Waals surface area contributed by atoms with Crippen molar-refractivity contribution in [3.63, 3.8) is 0 Å². The van der Waals surface area contributed by atoms with Gasteiger partial charge < -0.3 is 9.64 Å². The number of benzene rings is 1. The van der Waals surface area contributed by atoms with Crippen molar-refractivity contribution >= 4 is 5.91 Å². The lowest BCUT2D eigenvalue weighted by Crippen LogP contribution is -2.37. The maximum atomic E-state index is 12.6. The van der Waals surface area contributed by atoms with E-state index in [1.54, 1.807) is 7.11 Å². The summed E-state index contributed by atoms with van der Waals surface area (Å²) in [5.74, 6) is 2.44. The Hall–Kier alpha value is -2.43. The molecule has 1 saturated carbocycles. The van der Waals surface area contributed by atoms with Gasteiger partial charge >= 0.3 is 0 Å². The van der Waals surface area contributed by atoms with E-state index >= 15 is 0 Å². The summed E-state index contributed by atoms with van der Waals surface area (Å²) in [5.41, 5.74) is 3.12. The molecule has 1 aromatic heterocycles. The lowest BCUT2D eigenvalue weighted by atomic mass is 10.0. The van der Waals surface area contributed by atoms with Crippen molar-refractivity contribution in [1.29, 1.82) is 0 Å². The van der Waals surface area contributed by atoms with Crippen molar-refractivity contribution in [2.45, 2.75) is 45.1 Å². The summed E-state index contributed by atoms with van der Waals surface area (Å²) in [6.45, 7) is 1.40. The van der Waals surface area contributed by atoms with Crippen molar-refractivity contribution < 1.29 is 9.53 Å². The summed E-state index contributed by atoms with van der Waals surface area (Å²) < 4.78 is 5.20. The predicted octanol–water partition coefficient (Wildman–Crippen LogP) is 3.62. The molecule has 1 aliphatic carbocycles. The van der Waals surface area contributed by atoms with Gasteiger partial charge in [-0.05, 0) is 43.0 Å². The zero-order chi connectivity index (χ0) is 17.9. The first-order valence-corrected chi connectivity index (χ1v) is 9.50. The van der Waals surface area contributed by atoms with E-state index in [4.69, 9.17) is 9.72 Å². The summed E-state index contributed by atoms with van der Waals surface area (Å²) in [6.07, 6.45) is 8.38. The number of aromatic nitrogens is 2. The van der Waals surface area contributed by atoms with Gasteiger partial charge in [-0.25, -0.2) is 9.97 Å². The lowest BCUT2D eigenvalue weighted by Gasteiger charge is -2.29. The molecule has 0 saturated heterocycles. The summed E-state index contributed by atoms with van der Waals surface area (Å²) >= 11 is 0. The number of rotatable bonds is 4. The highest BCUT2D eigenvalue weighted by molar-refractivity contribution is 5.76. The van der Waals surface area contributed by atoms with Crippen LogP contribution < -0.4 is 4.74 Å². The molecule has 4 rings (SSSR count). The molecule has 1 aromatic carbocycles. The second-order valence-corrected chi connectivity index (χ2v) is 7.31. The molecule has 0 unspecified atom stereocenters. The number of ether oxygens (including phenoxy) is 1. The topological polar surface area (TPSA) is 55.3 Å². The SMILES string of the molecule is COc1ccc(-c2ncc3c(n2)CCN(C(=O)CC2CCCC2)C3)cc1. The van der Waals surface area contributed by atoms with Crippen LogP contribution in [-0.2, 0) is 17.8 Å². The van der Waals surface area contributed by atoms with Gasteiger partial charge in [0, 0.05) is 43.3 Å². The summed E-state index contributed by atoms with van der Waals surface area (Å²) in [5, 5.41) is 0. The first-order valence-electron chi connectivity index (χ1n) is 9.50. The van der Waals surface area contributed by atoms with Gasteiger partial charge in [-0.2, -0.15) is 0 Å². The Labute approximate surface area is 154 Å². The van der Waals surface area contributed by atoms with Gasteiger partial charge in [0.25, 0.3) is 0 Å². The number of methoxy groups -OCH3 is 1. The molecule has 0 spiro atoms. The molecule has 0 bridgehead atoms. The molecular formula is C21H25N3O2. The number of amides is 1. The van der Waals surface area contributed by atoms with E-state index in [1.165, 1.54) is 25.7 Å². The molecule has 0 N–H and O–H groups in total. The third kappa shape index (κ3) is 3.57. The second-order valence-electron chi connectivity index (χ2n) is 7.31. The van der Waals surface area contributed by atoms with E-state index < -0.39 is 0 Å². The minimum Gasteiger partial charge on any atom is -0.497 e. The van der Waals surface area contributed by atoms with E-state index in [0.717, 1.165) is 41.4 Å². The zero-order valence-electron chi connectivity index (χ0n) is 15.3. The first-order chi connectivity index (χ1) is 12.7. The molecule has 1 amide bonds. The molecule has 1 fully saturated rings. The number of carbonyl (C=O) groups excluding carboxylic acids is 1. The molecule has 136 valence electrons. The number of nitrogens with zero attached hydrogens (tertiary/aromatic N) is 3. The number of fused-ring (bicyclic) bond motifs is 1. The minimum atomic E-state index is 0.293. The Morgan fingerprint density at radius 3 is 2.73 bits per heavy atom. The summed E-state index contributed by atoms with van der Waals surface area (Å²) in [4.78, 5) is 23.8. The zero-order valence-corrected chi connectivity index (χ0v) is 15.3. The van der Waals surface area contributed by atoms with Crippen LogP contribution in [0.1, 0.15) is 43.4 Å². The van der Waals surface area contributed by atoms with Gasteiger partial charge in [0.1, 0.15) is 5.75 Å². The first kappa shape index (κ1) is 17.0. The summed E-state index contributed by atoms with van der Waals surface area (Å²) in [7, 11) is 1.66. The Kier molecular flexibility index (Phi) is 4.87. The van der Waals surface area contributed by atoms with Crippen molar-refractivity contribution in [3.8, 4) is 17.1 Å². The van der Waals surface area contributed by atoms with E-state index in [1.807, 2.05) is 35.4 Å². The van der Waals surface area contributed by atoms with Crippen LogP contribution in [0, 0.1) is 5.92 Å². The Morgan fingerprint density at radius 1 is 1.23 bits per heavy atom. The van der Waals surface area contributed by atoms with Crippen LogP contribution in [0.15, 0.2) is 30.5 Å². The molecule has 0 atom stereocenters. The molecule has 0 radical (unpaired) electrons. The van der Waals surface area contributed by atoms with Gasteiger partial charge in [-0.1, -0.05) is 12.8 Å². The van der Waals surface area contributed by atoms with Crippen LogP contribution in [0.2, 0.25) is 0 Å². The molecular weight excluding hydrogens is 326 g/mol.